The van der Waals surface area contributed by atoms with Crippen molar-refractivity contribution < 1.29 is 47.7 Å². The molecule has 2 fully saturated rings. The predicted octanol–water partition coefficient (Wildman–Crippen LogP) is 1.37. The number of rotatable bonds is 7. The maximum absolute atomic E-state index is 13.4. The molecule has 12 nitrogen and oxygen atoms in total. The third kappa shape index (κ3) is 7.11. The first-order chi connectivity index (χ1) is 17.5. The summed E-state index contributed by atoms with van der Waals surface area (Å²) in [6, 6.07) is 3.39. The highest BCUT2D eigenvalue weighted by Crippen LogP contribution is 2.39. The van der Waals surface area contributed by atoms with Crippen molar-refractivity contribution in [1.29, 1.82) is 0 Å². The van der Waals surface area contributed by atoms with Crippen LogP contribution in [0.25, 0.3) is 6.08 Å². The van der Waals surface area contributed by atoms with E-state index in [-0.39, 0.29) is 9.23 Å². The molecule has 198 valence electrons. The van der Waals surface area contributed by atoms with Gasteiger partial charge in [-0.15, -0.1) is 0 Å². The molecule has 14 heteroatoms. The number of esters is 4. The smallest absolute Gasteiger partial charge is 0.303 e. The van der Waals surface area contributed by atoms with Crippen molar-refractivity contribution in [1.82, 2.24) is 9.88 Å². The normalized spacial score (nSPS) is 26.5. The van der Waals surface area contributed by atoms with Gasteiger partial charge in [-0.2, -0.15) is 0 Å². The Morgan fingerprint density at radius 3 is 2.11 bits per heavy atom. The second-order valence-electron chi connectivity index (χ2n) is 7.92. The minimum atomic E-state index is -1.44. The van der Waals surface area contributed by atoms with E-state index in [1.165, 1.54) is 0 Å². The summed E-state index contributed by atoms with van der Waals surface area (Å²) in [5.41, 5.74) is 0.692. The number of hydrogen-bond acceptors (Lipinski definition) is 13. The lowest BCUT2D eigenvalue weighted by Gasteiger charge is -2.46. The zero-order chi connectivity index (χ0) is 27.3. The molecule has 3 heterocycles. The lowest BCUT2D eigenvalue weighted by molar-refractivity contribution is -0.268. The van der Waals surface area contributed by atoms with E-state index >= 15 is 0 Å². The maximum atomic E-state index is 13.4. The summed E-state index contributed by atoms with van der Waals surface area (Å²) in [4.78, 5) is 66.2. The molecule has 1 aromatic heterocycles. The number of hydrogen-bond donors (Lipinski definition) is 0. The van der Waals surface area contributed by atoms with Gasteiger partial charge in [0.1, 0.15) is 12.7 Å². The van der Waals surface area contributed by atoms with Crippen LogP contribution in [-0.4, -0.2) is 81.2 Å². The molecule has 3 rings (SSSR count). The van der Waals surface area contributed by atoms with E-state index in [9.17, 15) is 24.0 Å². The molecule has 0 saturated carbocycles. The van der Waals surface area contributed by atoms with Crippen LogP contribution in [0.5, 0.6) is 0 Å². The fourth-order valence-corrected chi connectivity index (χ4v) is 5.03. The highest BCUT2D eigenvalue weighted by molar-refractivity contribution is 8.26. The molecule has 0 unspecified atom stereocenters. The third-order valence-electron chi connectivity index (χ3n) is 5.05. The number of carbonyl (C=O) groups is 5. The van der Waals surface area contributed by atoms with Crippen molar-refractivity contribution >= 4 is 64.2 Å². The van der Waals surface area contributed by atoms with Gasteiger partial charge in [0, 0.05) is 40.1 Å². The Balaban J connectivity index is 2.05. The zero-order valence-electron chi connectivity index (χ0n) is 20.3. The molecule has 0 N–H and O–H groups in total. The fourth-order valence-electron chi connectivity index (χ4n) is 3.72. The summed E-state index contributed by atoms with van der Waals surface area (Å²) < 4.78 is 27.4. The highest BCUT2D eigenvalue weighted by Gasteiger charge is 2.56. The quantitative estimate of drug-likeness (QED) is 0.208. The van der Waals surface area contributed by atoms with Gasteiger partial charge in [0.15, 0.2) is 28.9 Å². The van der Waals surface area contributed by atoms with Gasteiger partial charge in [-0.3, -0.25) is 33.9 Å². The lowest BCUT2D eigenvalue weighted by atomic mass is 9.96. The number of ether oxygens (including phenoxy) is 5. The predicted molar refractivity (Wildman–Crippen MR) is 131 cm³/mol. The van der Waals surface area contributed by atoms with Crippen LogP contribution in [0.15, 0.2) is 29.4 Å². The average molecular weight is 553 g/mol. The third-order valence-corrected chi connectivity index (χ3v) is 6.38. The number of thioether (sulfide) groups is 1. The van der Waals surface area contributed by atoms with E-state index in [1.54, 1.807) is 30.6 Å². The lowest BCUT2D eigenvalue weighted by Crippen LogP contribution is -2.66. The Hall–Kier alpha value is -3.36. The molecule has 0 spiro atoms. The largest absolute Gasteiger partial charge is 0.463 e. The Morgan fingerprint density at radius 1 is 0.973 bits per heavy atom. The van der Waals surface area contributed by atoms with Crippen molar-refractivity contribution in [3.05, 3.63) is 35.0 Å². The van der Waals surface area contributed by atoms with Crippen molar-refractivity contribution in [3.63, 3.8) is 0 Å². The van der Waals surface area contributed by atoms with Gasteiger partial charge in [0.05, 0.1) is 4.91 Å². The molecule has 0 aromatic carbocycles. The molecule has 2 aliphatic rings. The van der Waals surface area contributed by atoms with E-state index in [1.807, 2.05) is 0 Å². The topological polar surface area (TPSA) is 148 Å². The van der Waals surface area contributed by atoms with Crippen LogP contribution in [0.2, 0.25) is 0 Å². The average Bonchev–Trinajstić information content (AvgIpc) is 3.07. The van der Waals surface area contributed by atoms with Gasteiger partial charge < -0.3 is 23.7 Å². The van der Waals surface area contributed by atoms with Gasteiger partial charge in [0.2, 0.25) is 0 Å². The first-order valence-electron chi connectivity index (χ1n) is 11.0. The fraction of sp³-hybridized carbons (Fsp3) is 0.435. The van der Waals surface area contributed by atoms with Crippen LogP contribution in [-0.2, 0) is 47.7 Å². The number of aromatic nitrogens is 1. The summed E-state index contributed by atoms with van der Waals surface area (Å²) in [6.45, 7) is 4.08. The van der Waals surface area contributed by atoms with E-state index in [4.69, 9.17) is 35.9 Å². The first kappa shape index (κ1) is 28.2. The second-order valence-corrected chi connectivity index (χ2v) is 9.60. The molecular weight excluding hydrogens is 528 g/mol. The second kappa shape index (κ2) is 12.3. The molecule has 0 radical (unpaired) electrons. The molecule has 5 atom stereocenters. The number of amides is 1. The molecule has 1 aromatic rings. The first-order valence-corrected chi connectivity index (χ1v) is 12.2. The molecule has 0 aliphatic carbocycles. The van der Waals surface area contributed by atoms with E-state index in [2.05, 4.69) is 4.98 Å². The van der Waals surface area contributed by atoms with Crippen LogP contribution in [0.4, 0.5) is 0 Å². The van der Waals surface area contributed by atoms with Crippen molar-refractivity contribution in [3.8, 4) is 0 Å². The SMILES string of the molecule is CC(=O)OC[C@H]1O[C@@H](N2C(=O)/C(=C\c3ccncc3)SC2=S)[C@@H](OC(C)=O)[C@@H](OC(C)=O)[C@H]1OC(C)=O. The number of nitrogens with zero attached hydrogens (tertiary/aromatic N) is 2. The van der Waals surface area contributed by atoms with Gasteiger partial charge in [0.25, 0.3) is 5.91 Å². The molecule has 0 bridgehead atoms. The van der Waals surface area contributed by atoms with Crippen LogP contribution < -0.4 is 0 Å². The van der Waals surface area contributed by atoms with Crippen LogP contribution in [0.3, 0.4) is 0 Å². The van der Waals surface area contributed by atoms with E-state index in [0.717, 1.165) is 44.4 Å². The summed E-state index contributed by atoms with van der Waals surface area (Å²) >= 11 is 6.43. The van der Waals surface area contributed by atoms with Gasteiger partial charge in [-0.05, 0) is 23.8 Å². The number of pyridine rings is 1. The molecule has 37 heavy (non-hydrogen) atoms. The Morgan fingerprint density at radius 2 is 1.54 bits per heavy atom. The Labute approximate surface area is 221 Å². The Kier molecular flexibility index (Phi) is 9.34. The zero-order valence-corrected chi connectivity index (χ0v) is 21.9. The Bertz CT molecular complexity index is 1130. The van der Waals surface area contributed by atoms with E-state index in [0.29, 0.717) is 5.56 Å². The molecule has 1 amide bonds. The minimum Gasteiger partial charge on any atom is -0.463 e. The monoisotopic (exact) mass is 552 g/mol. The van der Waals surface area contributed by atoms with Crippen molar-refractivity contribution in [2.75, 3.05) is 6.61 Å². The molecular formula is C23H24N2O10S2. The maximum Gasteiger partial charge on any atom is 0.303 e. The van der Waals surface area contributed by atoms with Gasteiger partial charge in [-0.25, -0.2) is 0 Å². The summed E-state index contributed by atoms with van der Waals surface area (Å²) in [6.07, 6.45) is -2.09. The van der Waals surface area contributed by atoms with Gasteiger partial charge in [-0.1, -0.05) is 24.0 Å². The van der Waals surface area contributed by atoms with Crippen LogP contribution in [0.1, 0.15) is 33.3 Å². The van der Waals surface area contributed by atoms with E-state index < -0.39 is 67.0 Å². The van der Waals surface area contributed by atoms with Crippen molar-refractivity contribution in [2.24, 2.45) is 0 Å². The summed E-state index contributed by atoms with van der Waals surface area (Å²) in [5.74, 6) is -3.54. The number of thiocarbonyl (C=S) groups is 1. The molecule has 2 saturated heterocycles. The summed E-state index contributed by atoms with van der Waals surface area (Å²) in [7, 11) is 0. The van der Waals surface area contributed by atoms with Crippen molar-refractivity contribution in [2.45, 2.75) is 58.3 Å². The minimum absolute atomic E-state index is 0.0752. The molecule has 2 aliphatic heterocycles. The van der Waals surface area contributed by atoms with Crippen LogP contribution in [0, 0.1) is 0 Å². The standard InChI is InChI=1S/C23H24N2O10S2/c1-11(26)31-10-16-18(32-12(2)27)19(33-13(3)28)20(34-14(4)29)22(35-16)25-21(30)17(37-23(25)36)9-15-5-7-24-8-6-15/h5-9,16,18-20,22H,10H2,1-4H3/b17-9+/t16-,18+,19+,20+,22-/m1/s1. The number of carbonyl (C=O) groups excluding carboxylic acids is 5. The highest BCUT2D eigenvalue weighted by atomic mass is 32.2. The van der Waals surface area contributed by atoms with Crippen LogP contribution >= 0.6 is 24.0 Å². The van der Waals surface area contributed by atoms with Gasteiger partial charge >= 0.3 is 23.9 Å². The summed E-state index contributed by atoms with van der Waals surface area (Å²) in [5, 5.41) is 0.